The molecule has 2 N–H and O–H groups in total. The summed E-state index contributed by atoms with van der Waals surface area (Å²) >= 11 is 0. The van der Waals surface area contributed by atoms with Gasteiger partial charge in [-0.2, -0.15) is 8.78 Å². The Balaban J connectivity index is 0.000000330. The van der Waals surface area contributed by atoms with E-state index < -0.39 is 23.4 Å². The number of phenols is 1. The number of hydrogen-bond donors (Lipinski definition) is 2. The molecule has 0 bridgehead atoms. The Morgan fingerprint density at radius 3 is 2.12 bits per heavy atom. The van der Waals surface area contributed by atoms with Gasteiger partial charge in [-0.1, -0.05) is 71.6 Å². The molecule has 0 atom stereocenters. The standard InChI is InChI=1S/C14H20F2O2.C12H22O2/c1-2-3-4-5-6-7-10-18-12-9-8-11(17)13(15)14(12)16;1-2-3-4-5-10-6-8-11(9-7-10)12(13)14/h8-9,17H,2-7,10H2,1H3;10-11H,2-9H2,1H3,(H,13,14). The van der Waals surface area contributed by atoms with Crippen LogP contribution in [0, 0.1) is 23.5 Å². The molecule has 32 heavy (non-hydrogen) atoms. The number of benzene rings is 1. The minimum Gasteiger partial charge on any atom is -0.505 e. The summed E-state index contributed by atoms with van der Waals surface area (Å²) in [4.78, 5) is 10.7. The highest BCUT2D eigenvalue weighted by molar-refractivity contribution is 5.69. The van der Waals surface area contributed by atoms with Crippen molar-refractivity contribution in [2.75, 3.05) is 6.61 Å². The third kappa shape index (κ3) is 11.1. The summed E-state index contributed by atoms with van der Waals surface area (Å²) in [7, 11) is 0. The van der Waals surface area contributed by atoms with Crippen LogP contribution in [0.15, 0.2) is 12.1 Å². The maximum atomic E-state index is 13.3. The zero-order chi connectivity index (χ0) is 23.8. The van der Waals surface area contributed by atoms with E-state index in [-0.39, 0.29) is 11.7 Å². The lowest BCUT2D eigenvalue weighted by atomic mass is 9.80. The van der Waals surface area contributed by atoms with E-state index in [9.17, 15) is 13.6 Å². The SMILES string of the molecule is CCCCCC1CCC(C(=O)O)CC1.CCCCCCCCOc1ccc(O)c(F)c1F. The number of phenolic OH excluding ortho intramolecular Hbond substituents is 1. The van der Waals surface area contributed by atoms with Crippen molar-refractivity contribution in [3.05, 3.63) is 23.8 Å². The van der Waals surface area contributed by atoms with Crippen LogP contribution in [-0.2, 0) is 4.79 Å². The average Bonchev–Trinajstić information content (AvgIpc) is 2.79. The van der Waals surface area contributed by atoms with Crippen LogP contribution in [0.2, 0.25) is 0 Å². The lowest BCUT2D eigenvalue weighted by Crippen LogP contribution is -2.21. The van der Waals surface area contributed by atoms with Gasteiger partial charge in [0.05, 0.1) is 12.5 Å². The van der Waals surface area contributed by atoms with Gasteiger partial charge in [0, 0.05) is 0 Å². The first-order valence-corrected chi connectivity index (χ1v) is 12.4. The molecule has 0 amide bonds. The second-order valence-corrected chi connectivity index (χ2v) is 8.88. The summed E-state index contributed by atoms with van der Waals surface area (Å²) in [6.07, 6.45) is 16.0. The molecule has 1 fully saturated rings. The number of ether oxygens (including phenoxy) is 1. The molecule has 0 aromatic heterocycles. The Bertz CT molecular complexity index is 643. The fourth-order valence-corrected chi connectivity index (χ4v) is 4.08. The van der Waals surface area contributed by atoms with Crippen molar-refractivity contribution in [2.24, 2.45) is 11.8 Å². The first-order chi connectivity index (χ1) is 15.4. The second kappa shape index (κ2) is 16.7. The Labute approximate surface area is 192 Å². The lowest BCUT2D eigenvalue weighted by Gasteiger charge is -2.25. The maximum absolute atomic E-state index is 13.3. The number of hydrogen-bond acceptors (Lipinski definition) is 3. The smallest absolute Gasteiger partial charge is 0.306 e. The van der Waals surface area contributed by atoms with Gasteiger partial charge in [0.15, 0.2) is 11.5 Å². The highest BCUT2D eigenvalue weighted by Gasteiger charge is 2.25. The normalized spacial score (nSPS) is 18.0. The van der Waals surface area contributed by atoms with E-state index in [2.05, 4.69) is 13.8 Å². The monoisotopic (exact) mass is 456 g/mol. The topological polar surface area (TPSA) is 66.8 Å². The molecular weight excluding hydrogens is 414 g/mol. The minimum absolute atomic E-state index is 0.0441. The van der Waals surface area contributed by atoms with E-state index in [1.165, 1.54) is 51.0 Å². The van der Waals surface area contributed by atoms with Gasteiger partial charge >= 0.3 is 5.97 Å². The zero-order valence-electron chi connectivity index (χ0n) is 19.9. The van der Waals surface area contributed by atoms with Gasteiger partial charge in [0.25, 0.3) is 0 Å². The molecule has 1 saturated carbocycles. The maximum Gasteiger partial charge on any atom is 0.306 e. The quantitative estimate of drug-likeness (QED) is 0.296. The van der Waals surface area contributed by atoms with Crippen LogP contribution < -0.4 is 4.74 Å². The van der Waals surface area contributed by atoms with E-state index in [1.54, 1.807) is 0 Å². The summed E-state index contributed by atoms with van der Waals surface area (Å²) in [5.74, 6) is -3.03. The second-order valence-electron chi connectivity index (χ2n) is 8.88. The van der Waals surface area contributed by atoms with Gasteiger partial charge in [-0.15, -0.1) is 0 Å². The summed E-state index contributed by atoms with van der Waals surface area (Å²) in [5, 5.41) is 17.8. The Morgan fingerprint density at radius 1 is 0.906 bits per heavy atom. The third-order valence-electron chi connectivity index (χ3n) is 6.19. The number of carboxylic acid groups (broad SMARTS) is 1. The first-order valence-electron chi connectivity index (χ1n) is 12.4. The molecule has 4 nitrogen and oxygen atoms in total. The molecule has 0 saturated heterocycles. The van der Waals surface area contributed by atoms with Crippen LogP contribution in [0.25, 0.3) is 0 Å². The van der Waals surface area contributed by atoms with E-state index in [0.29, 0.717) is 6.61 Å². The van der Waals surface area contributed by atoms with Crippen LogP contribution in [-0.4, -0.2) is 22.8 Å². The number of halogens is 2. The van der Waals surface area contributed by atoms with Crippen molar-refractivity contribution in [1.29, 1.82) is 0 Å². The summed E-state index contributed by atoms with van der Waals surface area (Å²) < 4.78 is 31.4. The molecule has 6 heteroatoms. The number of unbranched alkanes of at least 4 members (excludes halogenated alkanes) is 7. The van der Waals surface area contributed by atoms with Gasteiger partial charge in [0.1, 0.15) is 0 Å². The molecule has 0 spiro atoms. The van der Waals surface area contributed by atoms with E-state index >= 15 is 0 Å². The Kier molecular flexibility index (Phi) is 14.7. The molecule has 0 radical (unpaired) electrons. The van der Waals surface area contributed by atoms with Crippen molar-refractivity contribution < 1.29 is 28.5 Å². The fourth-order valence-electron chi connectivity index (χ4n) is 4.08. The highest BCUT2D eigenvalue weighted by Crippen LogP contribution is 2.32. The van der Waals surface area contributed by atoms with E-state index in [0.717, 1.165) is 56.9 Å². The molecule has 1 aliphatic carbocycles. The van der Waals surface area contributed by atoms with Gasteiger partial charge < -0.3 is 14.9 Å². The van der Waals surface area contributed by atoms with Gasteiger partial charge in [-0.05, 0) is 50.2 Å². The van der Waals surface area contributed by atoms with Crippen molar-refractivity contribution in [3.8, 4) is 11.5 Å². The van der Waals surface area contributed by atoms with Crippen molar-refractivity contribution >= 4 is 5.97 Å². The van der Waals surface area contributed by atoms with Crippen LogP contribution >= 0.6 is 0 Å². The van der Waals surface area contributed by atoms with Gasteiger partial charge in [0.2, 0.25) is 11.6 Å². The number of carbonyl (C=O) groups is 1. The minimum atomic E-state index is -1.25. The molecule has 1 aliphatic rings. The molecule has 0 heterocycles. The van der Waals surface area contributed by atoms with Crippen molar-refractivity contribution in [1.82, 2.24) is 0 Å². The predicted octanol–water partition coefficient (Wildman–Crippen LogP) is 7.87. The summed E-state index contributed by atoms with van der Waals surface area (Å²) in [6.45, 7) is 4.75. The number of aromatic hydroxyl groups is 1. The van der Waals surface area contributed by atoms with E-state index in [1.807, 2.05) is 0 Å². The van der Waals surface area contributed by atoms with Crippen molar-refractivity contribution in [3.63, 3.8) is 0 Å². The third-order valence-corrected chi connectivity index (χ3v) is 6.19. The molecule has 1 aromatic rings. The van der Waals surface area contributed by atoms with Crippen LogP contribution in [0.3, 0.4) is 0 Å². The fraction of sp³-hybridized carbons (Fsp3) is 0.731. The van der Waals surface area contributed by atoms with Gasteiger partial charge in [-0.25, -0.2) is 0 Å². The van der Waals surface area contributed by atoms with Crippen LogP contribution in [0.1, 0.15) is 104 Å². The Hall–Kier alpha value is -1.85. The molecule has 2 rings (SSSR count). The van der Waals surface area contributed by atoms with Crippen molar-refractivity contribution in [2.45, 2.75) is 104 Å². The largest absolute Gasteiger partial charge is 0.505 e. The summed E-state index contributed by atoms with van der Waals surface area (Å²) in [5.41, 5.74) is 0. The zero-order valence-corrected chi connectivity index (χ0v) is 19.9. The van der Waals surface area contributed by atoms with Gasteiger partial charge in [-0.3, -0.25) is 4.79 Å². The molecule has 1 aromatic carbocycles. The first kappa shape index (κ1) is 28.2. The summed E-state index contributed by atoms with van der Waals surface area (Å²) in [6, 6.07) is 2.33. The van der Waals surface area contributed by atoms with E-state index in [4.69, 9.17) is 14.9 Å². The number of rotatable bonds is 13. The average molecular weight is 457 g/mol. The van der Waals surface area contributed by atoms with Crippen LogP contribution in [0.5, 0.6) is 11.5 Å². The molecule has 184 valence electrons. The Morgan fingerprint density at radius 2 is 1.50 bits per heavy atom. The van der Waals surface area contributed by atoms with Crippen LogP contribution in [0.4, 0.5) is 8.78 Å². The number of carboxylic acids is 1. The lowest BCUT2D eigenvalue weighted by molar-refractivity contribution is -0.143. The molecular formula is C26H42F2O4. The molecule has 0 aliphatic heterocycles. The number of aliphatic carboxylic acids is 1. The molecule has 0 unspecified atom stereocenters. The highest BCUT2D eigenvalue weighted by atomic mass is 19.2. The predicted molar refractivity (Wildman–Crippen MR) is 124 cm³/mol.